The summed E-state index contributed by atoms with van der Waals surface area (Å²) in [4.78, 5) is 6.54. The van der Waals surface area contributed by atoms with Crippen LogP contribution in [0.15, 0.2) is 23.1 Å². The molecule has 0 aliphatic heterocycles. The van der Waals surface area contributed by atoms with Crippen LogP contribution in [0.3, 0.4) is 0 Å². The van der Waals surface area contributed by atoms with Gasteiger partial charge in [0.2, 0.25) is 0 Å². The van der Waals surface area contributed by atoms with E-state index in [-0.39, 0.29) is 4.90 Å². The van der Waals surface area contributed by atoms with Crippen molar-refractivity contribution in [2.45, 2.75) is 11.8 Å². The van der Waals surface area contributed by atoms with Crippen molar-refractivity contribution in [3.8, 4) is 0 Å². The average Bonchev–Trinajstić information content (AvgIpc) is 2.41. The van der Waals surface area contributed by atoms with Crippen molar-refractivity contribution in [2.24, 2.45) is 0 Å². The molecule has 14 heavy (non-hydrogen) atoms. The zero-order valence-corrected chi connectivity index (χ0v) is 8.10. The van der Waals surface area contributed by atoms with E-state index in [1.807, 2.05) is 0 Å². The van der Waals surface area contributed by atoms with Crippen molar-refractivity contribution in [3.05, 3.63) is 24.0 Å². The van der Waals surface area contributed by atoms with Crippen LogP contribution in [0.4, 0.5) is 3.89 Å². The van der Waals surface area contributed by atoms with Crippen LogP contribution in [0.5, 0.6) is 0 Å². The van der Waals surface area contributed by atoms with Gasteiger partial charge < -0.3 is 4.98 Å². The maximum atomic E-state index is 12.6. The predicted octanol–water partition coefficient (Wildman–Crippen LogP) is 1.53. The molecule has 1 N–H and O–H groups in total. The van der Waals surface area contributed by atoms with Crippen LogP contribution in [-0.2, 0) is 10.2 Å². The van der Waals surface area contributed by atoms with E-state index in [9.17, 15) is 12.3 Å². The molecular formula is C8H7FN2O2S. The first-order valence-corrected chi connectivity index (χ1v) is 5.26. The Morgan fingerprint density at radius 1 is 1.43 bits per heavy atom. The van der Waals surface area contributed by atoms with Gasteiger partial charge in [0, 0.05) is 0 Å². The van der Waals surface area contributed by atoms with Crippen LogP contribution < -0.4 is 0 Å². The van der Waals surface area contributed by atoms with E-state index in [0.29, 0.717) is 16.9 Å². The molecule has 0 amide bonds. The lowest BCUT2D eigenvalue weighted by Crippen LogP contribution is -1.90. The predicted molar refractivity (Wildman–Crippen MR) is 49.1 cm³/mol. The van der Waals surface area contributed by atoms with Gasteiger partial charge in [0.15, 0.2) is 0 Å². The summed E-state index contributed by atoms with van der Waals surface area (Å²) in [6.45, 7) is 1.74. The molecular weight excluding hydrogens is 207 g/mol. The molecule has 0 spiro atoms. The Balaban J connectivity index is 2.74. The molecule has 0 radical (unpaired) electrons. The zero-order valence-electron chi connectivity index (χ0n) is 7.28. The molecule has 2 aromatic rings. The highest BCUT2D eigenvalue weighted by Crippen LogP contribution is 2.18. The number of aromatic nitrogens is 2. The molecule has 1 aromatic heterocycles. The Kier molecular flexibility index (Phi) is 1.81. The second kappa shape index (κ2) is 2.78. The molecule has 6 heteroatoms. The highest BCUT2D eigenvalue weighted by molar-refractivity contribution is 7.86. The topological polar surface area (TPSA) is 62.8 Å². The van der Waals surface area contributed by atoms with Gasteiger partial charge in [-0.15, -0.1) is 3.89 Å². The monoisotopic (exact) mass is 214 g/mol. The van der Waals surface area contributed by atoms with Gasteiger partial charge in [-0.25, -0.2) is 4.98 Å². The summed E-state index contributed by atoms with van der Waals surface area (Å²) in [6.07, 6.45) is 0. The summed E-state index contributed by atoms with van der Waals surface area (Å²) in [5.74, 6) is 0.661. The molecule has 1 aromatic carbocycles. The van der Waals surface area contributed by atoms with Crippen LogP contribution >= 0.6 is 0 Å². The van der Waals surface area contributed by atoms with Crippen molar-refractivity contribution in [1.29, 1.82) is 0 Å². The summed E-state index contributed by atoms with van der Waals surface area (Å²) >= 11 is 0. The van der Waals surface area contributed by atoms with E-state index in [1.54, 1.807) is 6.92 Å². The number of nitrogens with zero attached hydrogens (tertiary/aromatic N) is 1. The molecule has 4 nitrogen and oxygen atoms in total. The molecule has 0 fully saturated rings. The molecule has 74 valence electrons. The summed E-state index contributed by atoms with van der Waals surface area (Å²) < 4.78 is 33.8. The minimum atomic E-state index is -4.63. The Bertz CT molecular complexity index is 588. The first kappa shape index (κ1) is 9.14. The Labute approximate surface area is 80.0 Å². The minimum absolute atomic E-state index is 0.353. The number of aromatic amines is 1. The SMILES string of the molecule is Cc1nc2ccc(S(=O)(=O)F)cc2[nH]1. The highest BCUT2D eigenvalue weighted by atomic mass is 32.3. The van der Waals surface area contributed by atoms with Crippen molar-refractivity contribution >= 4 is 21.3 Å². The van der Waals surface area contributed by atoms with E-state index in [0.717, 1.165) is 0 Å². The van der Waals surface area contributed by atoms with Gasteiger partial charge in [-0.2, -0.15) is 8.42 Å². The molecule has 0 unspecified atom stereocenters. The number of nitrogens with one attached hydrogen (secondary N) is 1. The number of rotatable bonds is 1. The van der Waals surface area contributed by atoms with Crippen molar-refractivity contribution in [1.82, 2.24) is 9.97 Å². The van der Waals surface area contributed by atoms with E-state index in [4.69, 9.17) is 0 Å². The van der Waals surface area contributed by atoms with Gasteiger partial charge >= 0.3 is 10.2 Å². The number of aryl methyl sites for hydroxylation is 1. The molecule has 0 aliphatic rings. The fraction of sp³-hybridized carbons (Fsp3) is 0.125. The molecule has 1 heterocycles. The van der Waals surface area contributed by atoms with Crippen LogP contribution in [0.1, 0.15) is 5.82 Å². The lowest BCUT2D eigenvalue weighted by atomic mass is 10.3. The van der Waals surface area contributed by atoms with Crippen LogP contribution in [0, 0.1) is 6.92 Å². The second-order valence-corrected chi connectivity index (χ2v) is 4.29. The van der Waals surface area contributed by atoms with Crippen molar-refractivity contribution in [2.75, 3.05) is 0 Å². The lowest BCUT2D eigenvalue weighted by molar-refractivity contribution is 0.552. The third-order valence-electron chi connectivity index (χ3n) is 1.85. The summed E-state index contributed by atoms with van der Waals surface area (Å²) in [6, 6.07) is 3.88. The number of hydrogen-bond donors (Lipinski definition) is 1. The molecule has 2 rings (SSSR count). The number of fused-ring (bicyclic) bond motifs is 1. The number of H-pyrrole nitrogens is 1. The largest absolute Gasteiger partial charge is 0.342 e. The quantitative estimate of drug-likeness (QED) is 0.732. The minimum Gasteiger partial charge on any atom is -0.342 e. The second-order valence-electron chi connectivity index (χ2n) is 2.94. The Morgan fingerprint density at radius 3 is 2.79 bits per heavy atom. The first-order valence-electron chi connectivity index (χ1n) is 3.88. The highest BCUT2D eigenvalue weighted by Gasteiger charge is 2.12. The standard InChI is InChI=1S/C8H7FN2O2S/c1-5-10-7-3-2-6(14(9,12)13)4-8(7)11-5/h2-4H,1H3,(H,10,11). The molecule has 0 aliphatic carbocycles. The maximum Gasteiger partial charge on any atom is 0.332 e. The summed E-state index contributed by atoms with van der Waals surface area (Å²) in [5.41, 5.74) is 1.14. The third-order valence-corrected chi connectivity index (χ3v) is 2.67. The van der Waals surface area contributed by atoms with Crippen molar-refractivity contribution < 1.29 is 12.3 Å². The smallest absolute Gasteiger partial charge is 0.332 e. The fourth-order valence-corrected chi connectivity index (χ4v) is 1.76. The number of halogens is 1. The van der Waals surface area contributed by atoms with Crippen molar-refractivity contribution in [3.63, 3.8) is 0 Å². The van der Waals surface area contributed by atoms with Gasteiger partial charge in [-0.3, -0.25) is 0 Å². The van der Waals surface area contributed by atoms with E-state index in [2.05, 4.69) is 9.97 Å². The molecule has 0 atom stereocenters. The Hall–Kier alpha value is -1.43. The molecule has 0 bridgehead atoms. The van der Waals surface area contributed by atoms with Gasteiger partial charge in [0.25, 0.3) is 0 Å². The van der Waals surface area contributed by atoms with Gasteiger partial charge in [-0.1, -0.05) is 0 Å². The van der Waals surface area contributed by atoms with E-state index < -0.39 is 10.2 Å². The fourth-order valence-electron chi connectivity index (χ4n) is 1.27. The number of benzene rings is 1. The van der Waals surface area contributed by atoms with Gasteiger partial charge in [0.1, 0.15) is 10.7 Å². The van der Waals surface area contributed by atoms with Crippen LogP contribution in [-0.4, -0.2) is 18.4 Å². The lowest BCUT2D eigenvalue weighted by Gasteiger charge is -1.93. The van der Waals surface area contributed by atoms with Gasteiger partial charge in [-0.05, 0) is 25.1 Å². The number of hydrogen-bond acceptors (Lipinski definition) is 3. The zero-order chi connectivity index (χ0) is 10.3. The third kappa shape index (κ3) is 1.48. The van der Waals surface area contributed by atoms with Gasteiger partial charge in [0.05, 0.1) is 11.0 Å². The van der Waals surface area contributed by atoms with Crippen LogP contribution in [0.2, 0.25) is 0 Å². The summed E-state index contributed by atoms with van der Waals surface area (Å²) in [5, 5.41) is 0. The first-order chi connectivity index (χ1) is 6.47. The average molecular weight is 214 g/mol. The normalized spacial score (nSPS) is 12.1. The van der Waals surface area contributed by atoms with E-state index in [1.165, 1.54) is 18.2 Å². The number of imidazole rings is 1. The maximum absolute atomic E-state index is 12.6. The molecule has 0 saturated heterocycles. The summed E-state index contributed by atoms with van der Waals surface area (Å²) in [7, 11) is -4.63. The van der Waals surface area contributed by atoms with E-state index >= 15 is 0 Å². The van der Waals surface area contributed by atoms with Crippen LogP contribution in [0.25, 0.3) is 11.0 Å². The Morgan fingerprint density at radius 2 is 2.14 bits per heavy atom. The molecule has 0 saturated carbocycles.